The Hall–Kier alpha value is -4.07. The first kappa shape index (κ1) is 18.3. The number of benzene rings is 2. The zero-order chi connectivity index (χ0) is 20.4. The summed E-state index contributed by atoms with van der Waals surface area (Å²) in [6.07, 6.45) is 3.00. The molecule has 1 aliphatic heterocycles. The van der Waals surface area contributed by atoms with E-state index in [-0.39, 0.29) is 11.8 Å². The van der Waals surface area contributed by atoms with E-state index < -0.39 is 0 Å². The highest BCUT2D eigenvalue weighted by atomic mass is 16.5. The van der Waals surface area contributed by atoms with Gasteiger partial charge < -0.3 is 21.1 Å². The highest BCUT2D eigenvalue weighted by Crippen LogP contribution is 2.32. The number of hydrogen-bond donors (Lipinski definition) is 3. The van der Waals surface area contributed by atoms with Crippen LogP contribution in [0.25, 0.3) is 16.8 Å². The van der Waals surface area contributed by atoms with Crippen molar-refractivity contribution < 1.29 is 14.3 Å². The smallest absolute Gasteiger partial charge is 0.255 e. The number of rotatable bonds is 4. The predicted octanol–water partition coefficient (Wildman–Crippen LogP) is 2.37. The van der Waals surface area contributed by atoms with Crippen LogP contribution >= 0.6 is 0 Å². The van der Waals surface area contributed by atoms with Gasteiger partial charge in [-0.15, -0.1) is 0 Å². The third-order valence-corrected chi connectivity index (χ3v) is 4.49. The molecule has 0 saturated carbocycles. The average molecular weight is 389 g/mol. The van der Waals surface area contributed by atoms with E-state index in [9.17, 15) is 9.59 Å². The van der Waals surface area contributed by atoms with Crippen molar-refractivity contribution in [2.75, 3.05) is 24.2 Å². The molecule has 4 rings (SSSR count). The number of hydrogen-bond acceptors (Lipinski definition) is 5. The summed E-state index contributed by atoms with van der Waals surface area (Å²) in [5.41, 5.74) is 9.49. The summed E-state index contributed by atoms with van der Waals surface area (Å²) in [4.78, 5) is 23.6. The molecular weight excluding hydrogens is 370 g/mol. The summed E-state index contributed by atoms with van der Waals surface area (Å²) in [5, 5.41) is 9.88. The summed E-state index contributed by atoms with van der Waals surface area (Å²) in [5.74, 6) is 0.394. The van der Waals surface area contributed by atoms with E-state index in [2.05, 4.69) is 22.3 Å². The van der Waals surface area contributed by atoms with E-state index in [0.29, 0.717) is 41.5 Å². The van der Waals surface area contributed by atoms with Crippen LogP contribution in [0.15, 0.2) is 61.3 Å². The zero-order valence-electron chi connectivity index (χ0n) is 15.5. The van der Waals surface area contributed by atoms with Crippen LogP contribution < -0.4 is 21.1 Å². The Morgan fingerprint density at radius 1 is 1.28 bits per heavy atom. The fourth-order valence-electron chi connectivity index (χ4n) is 3.08. The van der Waals surface area contributed by atoms with Crippen LogP contribution in [-0.2, 0) is 4.79 Å². The van der Waals surface area contributed by atoms with Gasteiger partial charge in [0.1, 0.15) is 12.4 Å². The molecule has 2 amide bonds. The van der Waals surface area contributed by atoms with Gasteiger partial charge in [0.15, 0.2) is 5.82 Å². The molecule has 29 heavy (non-hydrogen) atoms. The molecule has 0 spiro atoms. The van der Waals surface area contributed by atoms with Gasteiger partial charge in [-0.2, -0.15) is 5.10 Å². The quantitative estimate of drug-likeness (QED) is 0.593. The molecule has 1 aliphatic rings. The fraction of sp³-hybridized carbons (Fsp3) is 0.0952. The van der Waals surface area contributed by atoms with Crippen molar-refractivity contribution in [2.24, 2.45) is 0 Å². The number of nitrogens with two attached hydrogens (primary N) is 1. The van der Waals surface area contributed by atoms with Crippen LogP contribution in [0.3, 0.4) is 0 Å². The van der Waals surface area contributed by atoms with Gasteiger partial charge in [-0.3, -0.25) is 9.59 Å². The third-order valence-electron chi connectivity index (χ3n) is 4.49. The van der Waals surface area contributed by atoms with Crippen LogP contribution in [-0.4, -0.2) is 34.7 Å². The lowest BCUT2D eigenvalue weighted by molar-refractivity contribution is -0.111. The number of nitrogens with zero attached hydrogens (tertiary/aromatic N) is 2. The molecule has 8 heteroatoms. The van der Waals surface area contributed by atoms with Gasteiger partial charge in [-0.1, -0.05) is 18.7 Å². The SMILES string of the molecule is C=CC(=O)Nc1cccc(-n2cc(-c3ccc4c(c3)OCCNC4=O)c(N)n2)c1. The molecular formula is C21H19N5O3. The molecule has 2 aromatic carbocycles. The van der Waals surface area contributed by atoms with E-state index >= 15 is 0 Å². The predicted molar refractivity (Wildman–Crippen MR) is 110 cm³/mol. The minimum absolute atomic E-state index is 0.161. The first-order chi connectivity index (χ1) is 14.0. The molecule has 2 heterocycles. The second kappa shape index (κ2) is 7.51. The standard InChI is InChI=1S/C21H19N5O3/c1-2-19(27)24-14-4-3-5-15(11-14)26-12-17(20(22)25-26)13-6-7-16-18(10-13)29-9-8-23-21(16)28/h2-7,10-12H,1,8-9H2,(H2,22,25)(H,23,28)(H,24,27). The number of fused-ring (bicyclic) bond motifs is 1. The van der Waals surface area contributed by atoms with E-state index in [1.807, 2.05) is 12.1 Å². The maximum atomic E-state index is 12.1. The lowest BCUT2D eigenvalue weighted by Gasteiger charge is -2.08. The molecule has 0 fully saturated rings. The Balaban J connectivity index is 1.68. The normalized spacial score (nSPS) is 12.9. The Kier molecular flexibility index (Phi) is 4.74. The number of amides is 2. The average Bonchev–Trinajstić information content (AvgIpc) is 3.02. The van der Waals surface area contributed by atoms with Crippen LogP contribution in [0.4, 0.5) is 11.5 Å². The number of aromatic nitrogens is 2. The second-order valence-corrected chi connectivity index (χ2v) is 6.43. The Bertz CT molecular complexity index is 1120. The van der Waals surface area contributed by atoms with Gasteiger partial charge >= 0.3 is 0 Å². The van der Waals surface area contributed by atoms with Crippen molar-refractivity contribution in [1.82, 2.24) is 15.1 Å². The molecule has 146 valence electrons. The molecule has 8 nitrogen and oxygen atoms in total. The number of ether oxygens (including phenoxy) is 1. The molecule has 0 aliphatic carbocycles. The largest absolute Gasteiger partial charge is 0.491 e. The molecule has 0 bridgehead atoms. The van der Waals surface area contributed by atoms with Crippen molar-refractivity contribution in [3.05, 3.63) is 66.9 Å². The van der Waals surface area contributed by atoms with E-state index in [1.54, 1.807) is 41.2 Å². The lowest BCUT2D eigenvalue weighted by Crippen LogP contribution is -2.24. The molecule has 4 N–H and O–H groups in total. The first-order valence-corrected chi connectivity index (χ1v) is 8.99. The highest BCUT2D eigenvalue weighted by Gasteiger charge is 2.18. The first-order valence-electron chi connectivity index (χ1n) is 8.99. The van der Waals surface area contributed by atoms with Crippen molar-refractivity contribution in [3.8, 4) is 22.6 Å². The fourth-order valence-corrected chi connectivity index (χ4v) is 3.08. The van der Waals surface area contributed by atoms with E-state index in [1.165, 1.54) is 6.08 Å². The van der Waals surface area contributed by atoms with Gasteiger partial charge in [0.25, 0.3) is 5.91 Å². The maximum absolute atomic E-state index is 12.1. The minimum atomic E-state index is -0.295. The second-order valence-electron chi connectivity index (χ2n) is 6.43. The van der Waals surface area contributed by atoms with Gasteiger partial charge in [0, 0.05) is 17.4 Å². The number of carbonyl (C=O) groups excluding carboxylic acids is 2. The van der Waals surface area contributed by atoms with Crippen LogP contribution in [0.5, 0.6) is 5.75 Å². The van der Waals surface area contributed by atoms with Crippen LogP contribution in [0.1, 0.15) is 10.4 Å². The van der Waals surface area contributed by atoms with Crippen molar-refractivity contribution in [3.63, 3.8) is 0 Å². The summed E-state index contributed by atoms with van der Waals surface area (Å²) in [6, 6.07) is 12.5. The molecule has 0 saturated heterocycles. The van der Waals surface area contributed by atoms with E-state index in [4.69, 9.17) is 10.5 Å². The van der Waals surface area contributed by atoms with E-state index in [0.717, 1.165) is 11.3 Å². The summed E-state index contributed by atoms with van der Waals surface area (Å²) < 4.78 is 7.31. The van der Waals surface area contributed by atoms with Crippen LogP contribution in [0, 0.1) is 0 Å². The zero-order valence-corrected chi connectivity index (χ0v) is 15.5. The number of carbonyl (C=O) groups is 2. The molecule has 0 unspecified atom stereocenters. The minimum Gasteiger partial charge on any atom is -0.491 e. The number of nitrogens with one attached hydrogen (secondary N) is 2. The van der Waals surface area contributed by atoms with Crippen molar-refractivity contribution in [1.29, 1.82) is 0 Å². The maximum Gasteiger partial charge on any atom is 0.255 e. The van der Waals surface area contributed by atoms with Crippen molar-refractivity contribution >= 4 is 23.3 Å². The summed E-state index contributed by atoms with van der Waals surface area (Å²) in [6.45, 7) is 4.31. The number of nitrogen functional groups attached to an aromatic ring is 1. The third kappa shape index (κ3) is 3.68. The summed E-state index contributed by atoms with van der Waals surface area (Å²) in [7, 11) is 0. The Labute approximate surface area is 167 Å². The lowest BCUT2D eigenvalue weighted by atomic mass is 10.0. The Morgan fingerprint density at radius 2 is 2.14 bits per heavy atom. The molecule has 0 atom stereocenters. The Morgan fingerprint density at radius 3 is 2.97 bits per heavy atom. The van der Waals surface area contributed by atoms with Gasteiger partial charge in [0.05, 0.1) is 17.8 Å². The number of anilines is 2. The molecule has 0 radical (unpaired) electrons. The highest BCUT2D eigenvalue weighted by molar-refractivity contribution is 5.99. The van der Waals surface area contributed by atoms with Gasteiger partial charge in [-0.25, -0.2) is 4.68 Å². The van der Waals surface area contributed by atoms with Crippen LogP contribution in [0.2, 0.25) is 0 Å². The summed E-state index contributed by atoms with van der Waals surface area (Å²) >= 11 is 0. The topological polar surface area (TPSA) is 111 Å². The molecule has 3 aromatic rings. The molecule has 1 aromatic heterocycles. The van der Waals surface area contributed by atoms with Gasteiger partial charge in [0.2, 0.25) is 5.91 Å². The van der Waals surface area contributed by atoms with Crippen molar-refractivity contribution in [2.45, 2.75) is 0 Å². The van der Waals surface area contributed by atoms with Gasteiger partial charge in [-0.05, 0) is 42.0 Å². The monoisotopic (exact) mass is 389 g/mol.